The van der Waals surface area contributed by atoms with Crippen LogP contribution in [0.2, 0.25) is 0 Å². The Hall–Kier alpha value is -6.06. The number of hydrogen-bond acceptors (Lipinski definition) is 10. The normalized spacial score (nSPS) is 17.2. The summed E-state index contributed by atoms with van der Waals surface area (Å²) in [5.74, 6) is -3.10. The average molecular weight is 685 g/mol. The SMILES string of the molecule is CCOc1ccccc1C1(OC(=O)N2CCN(c3ccc(C#N)cn3)CC2)C(=O)N(S(=O)(=O)c2ccc(F)cc2F)c2ccc(C#N)cc21. The maximum Gasteiger partial charge on any atom is 0.411 e. The fraction of sp³-hybridized carbons (Fsp3) is 0.206. The van der Waals surface area contributed by atoms with Gasteiger partial charge in [0.05, 0.1) is 35.1 Å². The molecule has 0 aliphatic carbocycles. The lowest BCUT2D eigenvalue weighted by molar-refractivity contribution is -0.132. The number of benzene rings is 3. The molecule has 1 fully saturated rings. The van der Waals surface area contributed by atoms with E-state index < -0.39 is 44.2 Å². The molecule has 2 aliphatic heterocycles. The third-order valence-corrected chi connectivity index (χ3v) is 9.90. The van der Waals surface area contributed by atoms with E-state index in [1.165, 1.54) is 47.5 Å². The molecule has 6 rings (SSSR count). The van der Waals surface area contributed by atoms with Gasteiger partial charge in [-0.25, -0.2) is 27.0 Å². The first-order chi connectivity index (χ1) is 23.5. The van der Waals surface area contributed by atoms with E-state index in [0.717, 1.165) is 6.07 Å². The van der Waals surface area contributed by atoms with Crippen molar-refractivity contribution in [1.82, 2.24) is 9.88 Å². The van der Waals surface area contributed by atoms with Crippen molar-refractivity contribution < 1.29 is 36.3 Å². The highest BCUT2D eigenvalue weighted by Crippen LogP contribution is 2.52. The highest BCUT2D eigenvalue weighted by Gasteiger charge is 2.61. The van der Waals surface area contributed by atoms with Gasteiger partial charge in [0.25, 0.3) is 15.9 Å². The lowest BCUT2D eigenvalue weighted by atomic mass is 9.85. The molecule has 0 radical (unpaired) electrons. The number of aromatic nitrogens is 1. The first kappa shape index (κ1) is 32.9. The molecule has 0 N–H and O–H groups in total. The summed E-state index contributed by atoms with van der Waals surface area (Å²) in [7, 11) is -5.10. The van der Waals surface area contributed by atoms with Crippen LogP contribution >= 0.6 is 0 Å². The van der Waals surface area contributed by atoms with Gasteiger partial charge in [-0.2, -0.15) is 14.8 Å². The van der Waals surface area contributed by atoms with Crippen LogP contribution in [-0.2, 0) is 25.2 Å². The van der Waals surface area contributed by atoms with Crippen LogP contribution in [0.3, 0.4) is 0 Å². The Morgan fingerprint density at radius 1 is 0.939 bits per heavy atom. The number of pyridine rings is 1. The van der Waals surface area contributed by atoms with Gasteiger partial charge in [-0.15, -0.1) is 0 Å². The number of rotatable bonds is 7. The number of sulfonamides is 1. The zero-order valence-corrected chi connectivity index (χ0v) is 26.7. The largest absolute Gasteiger partial charge is 0.493 e. The Bertz CT molecular complexity index is 2160. The molecule has 0 bridgehead atoms. The molecule has 0 saturated carbocycles. The van der Waals surface area contributed by atoms with Gasteiger partial charge < -0.3 is 19.3 Å². The third-order valence-electron chi connectivity index (χ3n) is 8.17. The fourth-order valence-corrected chi connectivity index (χ4v) is 7.37. The molecule has 1 aromatic heterocycles. The van der Waals surface area contributed by atoms with Gasteiger partial charge in [-0.1, -0.05) is 18.2 Å². The van der Waals surface area contributed by atoms with Gasteiger partial charge in [0.15, 0.2) is 0 Å². The fourth-order valence-electron chi connectivity index (χ4n) is 5.86. The minimum absolute atomic E-state index is 0.0107. The van der Waals surface area contributed by atoms with Crippen molar-refractivity contribution in [3.63, 3.8) is 0 Å². The Morgan fingerprint density at radius 3 is 2.31 bits per heavy atom. The molecule has 4 aromatic rings. The van der Waals surface area contributed by atoms with E-state index in [2.05, 4.69) is 4.98 Å². The second kappa shape index (κ2) is 12.9. The molecular formula is C34H26F2N6O6S. The van der Waals surface area contributed by atoms with Crippen molar-refractivity contribution in [2.24, 2.45) is 0 Å². The first-order valence-electron chi connectivity index (χ1n) is 15.0. The van der Waals surface area contributed by atoms with E-state index >= 15 is 4.39 Å². The molecule has 1 atom stereocenters. The Balaban J connectivity index is 1.46. The highest BCUT2D eigenvalue weighted by atomic mass is 32.2. The average Bonchev–Trinajstić information content (AvgIpc) is 3.36. The van der Waals surface area contributed by atoms with E-state index in [0.29, 0.717) is 40.9 Å². The van der Waals surface area contributed by atoms with E-state index in [-0.39, 0.29) is 47.8 Å². The predicted octanol–water partition coefficient (Wildman–Crippen LogP) is 4.44. The van der Waals surface area contributed by atoms with Crippen molar-refractivity contribution in [3.05, 3.63) is 113 Å². The van der Waals surface area contributed by atoms with Crippen molar-refractivity contribution in [2.45, 2.75) is 17.4 Å². The van der Waals surface area contributed by atoms with E-state index in [1.807, 2.05) is 17.0 Å². The second-order valence-corrected chi connectivity index (χ2v) is 12.7. The molecular weight excluding hydrogens is 658 g/mol. The number of carbonyl (C=O) groups is 2. The molecule has 12 nitrogen and oxygen atoms in total. The number of hydrogen-bond donors (Lipinski definition) is 0. The van der Waals surface area contributed by atoms with E-state index in [9.17, 15) is 27.7 Å². The van der Waals surface area contributed by atoms with Crippen LogP contribution in [0.4, 0.5) is 25.1 Å². The van der Waals surface area contributed by atoms with Crippen LogP contribution < -0.4 is 13.9 Å². The maximum atomic E-state index is 15.0. The molecule has 3 aromatic carbocycles. The summed E-state index contributed by atoms with van der Waals surface area (Å²) in [6.07, 6.45) is 0.457. The van der Waals surface area contributed by atoms with Crippen molar-refractivity contribution in [1.29, 1.82) is 10.5 Å². The number of para-hydroxylation sites is 1. The lowest BCUT2D eigenvalue weighted by Crippen LogP contribution is -2.53. The number of piperazine rings is 1. The van der Waals surface area contributed by atoms with Crippen LogP contribution in [0, 0.1) is 34.3 Å². The van der Waals surface area contributed by atoms with Crippen LogP contribution in [0.5, 0.6) is 5.75 Å². The number of anilines is 2. The van der Waals surface area contributed by atoms with Crippen LogP contribution in [-0.4, -0.2) is 63.1 Å². The molecule has 3 heterocycles. The third kappa shape index (κ3) is 5.64. The quantitative estimate of drug-likeness (QED) is 0.273. The van der Waals surface area contributed by atoms with E-state index in [1.54, 1.807) is 25.1 Å². The van der Waals surface area contributed by atoms with Gasteiger partial charge in [0, 0.05) is 44.0 Å². The standard InChI is InChI=1S/C34H26F2N6O6S/c1-2-47-29-6-4-3-5-25(29)34(48-33(44)41-15-13-40(14-16-41)31-12-8-23(20-38)21-39-31)26-17-22(19-37)7-10-28(26)42(32(34)43)49(45,46)30-11-9-24(35)18-27(30)36/h3-12,17-18,21H,2,13-16H2,1H3. The first-order valence-corrected chi connectivity index (χ1v) is 16.4. The van der Waals surface area contributed by atoms with Gasteiger partial charge in [-0.3, -0.25) is 4.79 Å². The minimum Gasteiger partial charge on any atom is -0.493 e. The molecule has 0 spiro atoms. The summed E-state index contributed by atoms with van der Waals surface area (Å²) in [6.45, 7) is 2.66. The molecule has 15 heteroatoms. The number of carbonyl (C=O) groups excluding carboxylic acids is 2. The minimum atomic E-state index is -5.10. The van der Waals surface area contributed by atoms with E-state index in [4.69, 9.17) is 14.7 Å². The van der Waals surface area contributed by atoms with Crippen molar-refractivity contribution >= 4 is 33.5 Å². The predicted molar refractivity (Wildman–Crippen MR) is 170 cm³/mol. The zero-order chi connectivity index (χ0) is 34.9. The molecule has 248 valence electrons. The highest BCUT2D eigenvalue weighted by molar-refractivity contribution is 7.93. The smallest absolute Gasteiger partial charge is 0.411 e. The number of ether oxygens (including phenoxy) is 2. The summed E-state index contributed by atoms with van der Waals surface area (Å²) in [5, 5.41) is 18.9. The van der Waals surface area contributed by atoms with Crippen LogP contribution in [0.15, 0.2) is 83.9 Å². The maximum absolute atomic E-state index is 15.0. The second-order valence-electron chi connectivity index (χ2n) is 11.0. The molecule has 2 amide bonds. The molecule has 1 unspecified atom stereocenters. The lowest BCUT2D eigenvalue weighted by Gasteiger charge is -2.37. The van der Waals surface area contributed by atoms with Gasteiger partial charge >= 0.3 is 6.09 Å². The zero-order valence-electron chi connectivity index (χ0n) is 25.8. The topological polar surface area (TPSA) is 157 Å². The number of nitrogens with zero attached hydrogens (tertiary/aromatic N) is 6. The van der Waals surface area contributed by atoms with Gasteiger partial charge in [0.2, 0.25) is 5.60 Å². The van der Waals surface area contributed by atoms with Gasteiger partial charge in [-0.05, 0) is 55.5 Å². The van der Waals surface area contributed by atoms with Gasteiger partial charge in [0.1, 0.15) is 34.2 Å². The Kier molecular flexibility index (Phi) is 8.62. The Labute approximate surface area is 280 Å². The summed E-state index contributed by atoms with van der Waals surface area (Å²) >= 11 is 0. The Morgan fingerprint density at radius 2 is 1.65 bits per heavy atom. The number of amides is 2. The number of halogens is 2. The summed E-state index contributed by atoms with van der Waals surface area (Å²) in [4.78, 5) is 35.4. The van der Waals surface area contributed by atoms with Crippen molar-refractivity contribution in [3.8, 4) is 17.9 Å². The molecule has 1 saturated heterocycles. The summed E-state index contributed by atoms with van der Waals surface area (Å²) < 4.78 is 69.3. The monoisotopic (exact) mass is 684 g/mol. The molecule has 2 aliphatic rings. The molecule has 49 heavy (non-hydrogen) atoms. The number of nitriles is 2. The van der Waals surface area contributed by atoms with Crippen LogP contribution in [0.1, 0.15) is 29.2 Å². The number of fused-ring (bicyclic) bond motifs is 1. The van der Waals surface area contributed by atoms with Crippen molar-refractivity contribution in [2.75, 3.05) is 42.0 Å². The summed E-state index contributed by atoms with van der Waals surface area (Å²) in [6, 6.07) is 18.8. The summed E-state index contributed by atoms with van der Waals surface area (Å²) in [5.41, 5.74) is -2.64. The van der Waals surface area contributed by atoms with Crippen LogP contribution in [0.25, 0.3) is 0 Å².